The maximum absolute atomic E-state index is 13.4. The van der Waals surface area contributed by atoms with Gasteiger partial charge in [-0.25, -0.2) is 14.4 Å². The highest BCUT2D eigenvalue weighted by molar-refractivity contribution is 7.98. The molecule has 13 nitrogen and oxygen atoms in total. The molecule has 18 fully saturated rings. The number of Topliss-reactive ketones (excluding diaryl/α,β-unsaturated/α-hetero) is 1. The number of ketones is 1. The van der Waals surface area contributed by atoms with Crippen LogP contribution in [0.3, 0.4) is 0 Å². The van der Waals surface area contributed by atoms with Crippen LogP contribution in [0.15, 0.2) is 251 Å². The highest BCUT2D eigenvalue weighted by Crippen LogP contribution is 2.64. The summed E-state index contributed by atoms with van der Waals surface area (Å²) in [6, 6.07) is 77.4. The summed E-state index contributed by atoms with van der Waals surface area (Å²) in [7, 11) is 0.810. The van der Waals surface area contributed by atoms with Crippen LogP contribution in [0.4, 0.5) is 26.3 Å². The van der Waals surface area contributed by atoms with Gasteiger partial charge in [0.15, 0.2) is 46.0 Å². The molecule has 23 heteroatoms. The second-order valence-corrected chi connectivity index (χ2v) is 54.6. The van der Waals surface area contributed by atoms with Gasteiger partial charge in [0.1, 0.15) is 40.5 Å². The Bertz CT molecular complexity index is 5170. The third-order valence-electron chi connectivity index (χ3n) is 32.1. The predicted molar refractivity (Wildman–Crippen MR) is 551 cm³/mol. The summed E-state index contributed by atoms with van der Waals surface area (Å²) in [6.07, 6.45) is 18.1. The van der Waals surface area contributed by atoms with E-state index in [9.17, 15) is 55.4 Å². The van der Waals surface area contributed by atoms with Gasteiger partial charge in [-0.1, -0.05) is 173 Å². The van der Waals surface area contributed by atoms with Crippen LogP contribution in [0.25, 0.3) is 0 Å². The SMILES string of the molecule is CC(C)(C)c1ccc([S+]2CCOCC2)cc1.CC(C)(C)c1ccc([S+]2CCOCC2)cc1.CC(F)(F)C(=O)OC12CC3CC(C1)C(=O)C(C3)C2.CC(F)(F)C(=O)OC1C2CC3CC1CC(C(=O)OCOC1C4CC5CC(C4)CC1C5)(C3)C2.CC(F)(F)C(=O)OCC12CC3CC(CC(O)(C3)C1)C2.Cc1ccc([S+](c2ccc(C)cc2)c2ccc(C)cc2)cc1.c1ccc([S+](c2ccccc2)c2ccccc2)cc1. The molecule has 16 aliphatic carbocycles. The highest BCUT2D eigenvalue weighted by atomic mass is 32.2. The molecule has 16 saturated carbocycles. The molecule has 26 rings (SSSR count). The molecule has 16 bridgehead atoms. The Kier molecular flexibility index (Phi) is 33.9. The fourth-order valence-corrected chi connectivity index (χ4v) is 34.3. The molecule has 18 aliphatic rings. The first kappa shape index (κ1) is 107. The molecule has 764 valence electrons. The van der Waals surface area contributed by atoms with E-state index in [0.717, 1.165) is 102 Å². The second kappa shape index (κ2) is 45.1. The maximum Gasteiger partial charge on any atom is 0.377 e. The van der Waals surface area contributed by atoms with Crippen molar-refractivity contribution in [3.05, 3.63) is 240 Å². The van der Waals surface area contributed by atoms with Crippen molar-refractivity contribution < 1.29 is 88.6 Å². The zero-order chi connectivity index (χ0) is 101. The Morgan fingerprint density at radius 1 is 0.387 bits per heavy atom. The number of hydrogen-bond donors (Lipinski definition) is 1. The van der Waals surface area contributed by atoms with Gasteiger partial charge in [0.25, 0.3) is 0 Å². The first-order valence-electron chi connectivity index (χ1n) is 51.8. The summed E-state index contributed by atoms with van der Waals surface area (Å²) in [4.78, 5) is 70.7. The van der Waals surface area contributed by atoms with Gasteiger partial charge in [-0.05, 0) is 334 Å². The predicted octanol–water partition coefficient (Wildman–Crippen LogP) is 26.0. The van der Waals surface area contributed by atoms with Crippen molar-refractivity contribution in [3.63, 3.8) is 0 Å². The number of carbonyl (C=O) groups excluding carboxylic acids is 5. The van der Waals surface area contributed by atoms with Crippen LogP contribution in [-0.2, 0) is 112 Å². The van der Waals surface area contributed by atoms with Crippen LogP contribution in [0.5, 0.6) is 0 Å². The summed E-state index contributed by atoms with van der Waals surface area (Å²) in [5.74, 6) is -5.41. The van der Waals surface area contributed by atoms with Gasteiger partial charge in [0.05, 0.1) is 71.9 Å². The van der Waals surface area contributed by atoms with Crippen molar-refractivity contribution in [3.8, 4) is 0 Å². The van der Waals surface area contributed by atoms with Crippen molar-refractivity contribution in [1.82, 2.24) is 0 Å². The van der Waals surface area contributed by atoms with Gasteiger partial charge in [0.2, 0.25) is 0 Å². The van der Waals surface area contributed by atoms with Crippen molar-refractivity contribution >= 4 is 73.2 Å². The molecular weight excluding hydrogens is 1880 g/mol. The van der Waals surface area contributed by atoms with Crippen molar-refractivity contribution in [2.75, 3.05) is 62.8 Å². The van der Waals surface area contributed by atoms with Crippen LogP contribution in [0.2, 0.25) is 0 Å². The number of alkyl halides is 6. The van der Waals surface area contributed by atoms with Gasteiger partial charge in [-0.3, -0.25) is 9.59 Å². The minimum absolute atomic E-state index is 0.0146. The molecule has 1 N–H and O–H groups in total. The summed E-state index contributed by atoms with van der Waals surface area (Å²) < 4.78 is 116. The van der Waals surface area contributed by atoms with E-state index in [2.05, 4.69) is 275 Å². The number of ether oxygens (including phenoxy) is 7. The topological polar surface area (TPSA) is 170 Å². The zero-order valence-corrected chi connectivity index (χ0v) is 88.2. The molecule has 8 aromatic carbocycles. The van der Waals surface area contributed by atoms with Crippen LogP contribution >= 0.6 is 0 Å². The van der Waals surface area contributed by atoms with E-state index >= 15 is 0 Å². The number of hydrogen-bond acceptors (Lipinski definition) is 13. The summed E-state index contributed by atoms with van der Waals surface area (Å²) in [5, 5.41) is 10.5. The van der Waals surface area contributed by atoms with Crippen LogP contribution in [0.1, 0.15) is 225 Å². The lowest BCUT2D eigenvalue weighted by Crippen LogP contribution is -2.58. The molecule has 6 atom stereocenters. The van der Waals surface area contributed by atoms with Gasteiger partial charge in [0, 0.05) is 59.8 Å². The average Bonchev–Trinajstić information content (AvgIpc) is 0.723. The quantitative estimate of drug-likeness (QED) is 0.0267. The van der Waals surface area contributed by atoms with Crippen molar-refractivity contribution in [1.29, 1.82) is 0 Å². The highest BCUT2D eigenvalue weighted by Gasteiger charge is 2.63. The number of rotatable bonds is 19. The lowest BCUT2D eigenvalue weighted by Gasteiger charge is -2.59. The Balaban J connectivity index is 0.000000121. The summed E-state index contributed by atoms with van der Waals surface area (Å²) in [5.41, 5.74) is 5.02. The van der Waals surface area contributed by atoms with Gasteiger partial charge in [-0.15, -0.1) is 0 Å². The number of benzene rings is 8. The van der Waals surface area contributed by atoms with Crippen LogP contribution < -0.4 is 0 Å². The fourth-order valence-electron chi connectivity index (χ4n) is 26.4. The Morgan fingerprint density at radius 2 is 0.754 bits per heavy atom. The molecule has 0 amide bonds. The minimum Gasteiger partial charge on any atom is -0.461 e. The van der Waals surface area contributed by atoms with Crippen molar-refractivity contribution in [2.45, 2.75) is 309 Å². The smallest absolute Gasteiger partial charge is 0.377 e. The third-order valence-corrected chi connectivity index (χ3v) is 41.1. The minimum atomic E-state index is -3.49. The maximum atomic E-state index is 13.4. The molecule has 6 unspecified atom stereocenters. The zero-order valence-electron chi connectivity index (χ0n) is 85.0. The van der Waals surface area contributed by atoms with Crippen molar-refractivity contribution in [2.24, 2.45) is 81.8 Å². The molecule has 8 aromatic rings. The molecule has 2 aliphatic heterocycles. The Hall–Kier alpha value is -7.87. The lowest BCUT2D eigenvalue weighted by atomic mass is 9.48. The number of carbonyl (C=O) groups is 5. The summed E-state index contributed by atoms with van der Waals surface area (Å²) >= 11 is 0. The van der Waals surface area contributed by atoms with Gasteiger partial charge in [-0.2, -0.15) is 26.3 Å². The average molecular weight is 2030 g/mol. The monoisotopic (exact) mass is 2030 g/mol. The molecule has 2 heterocycles. The van der Waals surface area contributed by atoms with Gasteiger partial charge >= 0.3 is 41.6 Å². The molecule has 0 spiro atoms. The van der Waals surface area contributed by atoms with Gasteiger partial charge < -0.3 is 38.3 Å². The molecule has 0 radical (unpaired) electrons. The number of esters is 4. The van der Waals surface area contributed by atoms with E-state index in [1.807, 2.05) is 0 Å². The van der Waals surface area contributed by atoms with Crippen LogP contribution in [-0.4, -0.2) is 139 Å². The second-order valence-electron chi connectivity index (χ2n) is 46.0. The largest absolute Gasteiger partial charge is 0.461 e. The van der Waals surface area contributed by atoms with E-state index in [4.69, 9.17) is 33.2 Å². The van der Waals surface area contributed by atoms with E-state index in [-0.39, 0.29) is 93.0 Å². The number of halogens is 6. The summed E-state index contributed by atoms with van der Waals surface area (Å²) in [6.45, 7) is 25.5. The molecule has 0 aromatic heterocycles. The Morgan fingerprint density at radius 3 is 1.13 bits per heavy atom. The number of aryl methyl sites for hydroxylation is 3. The van der Waals surface area contributed by atoms with E-state index in [1.54, 1.807) is 0 Å². The standard InChI is InChI=1S/C25H34F2O5.C21H21S.C18H15S.C14H20F2O3.2C14H21OS.C13H16F2O3/c1-24(26,27)22(28)32-21-18-7-15-8-19(21)11-25(9-15,10-18)23(29)31-12-30-20-16-3-13-2-14(5-16)6-17(20)4-13;1-16-4-10-19(11-5-16)22(20-12-6-17(2)7-13-20)21-14-8-18(3)9-15-21;1-4-10-16(11-5-1)19(17-12-6-2-7-13-17)18-14-8-3-9-15-18;1-12(15,16)11(17)19-8-13-3-9-2-10(4-13)6-14(18,5-9)7-13;2*1-14(2,3)12-4-6-13(7-5-12)16-10-8-15-9-11-16;1-12(14,15)11(17)18-13-4-7-2-8(5-13)10(16)9(3-7)6-13/h13-21H,2-12H2,1H3;4-15H,1-3H3;1-15H;9-10,18H,2-8H2,1H3;2*4-7H,8-11H2,1-3H3;7-9H,2-6H2,1H3/q;2*+1;;2*+1;. The molecule has 2 saturated heterocycles. The van der Waals surface area contributed by atoms with Crippen LogP contribution in [0, 0.1) is 103 Å². The van der Waals surface area contributed by atoms with E-state index < -0.39 is 58.4 Å². The fraction of sp³-hybridized carbons (Fsp3) is 0.555. The van der Waals surface area contributed by atoms with E-state index in [1.165, 1.54) is 122 Å². The normalized spacial score (nSPS) is 29.5. The first-order chi connectivity index (χ1) is 67.4. The lowest BCUT2D eigenvalue weighted by molar-refractivity contribution is -0.218. The number of aliphatic hydroxyl groups is 1. The molecule has 142 heavy (non-hydrogen) atoms. The third kappa shape index (κ3) is 26.8. The van der Waals surface area contributed by atoms with E-state index in [0.29, 0.717) is 117 Å². The molecular formula is C119H148F6O13S4+4. The first-order valence-corrected chi connectivity index (χ1v) is 57.3. The Labute approximate surface area is 849 Å².